The Kier molecular flexibility index (Phi) is 5.06. The van der Waals surface area contributed by atoms with Crippen LogP contribution in [0.15, 0.2) is 35.0 Å². The molecule has 3 aromatic rings. The maximum Gasteiger partial charge on any atom is 0.251 e. The first-order chi connectivity index (χ1) is 12.5. The van der Waals surface area contributed by atoms with Gasteiger partial charge >= 0.3 is 0 Å². The Morgan fingerprint density at radius 3 is 2.50 bits per heavy atom. The number of amides is 1. The Bertz CT molecular complexity index is 918. The molecule has 7 nitrogen and oxygen atoms in total. The van der Waals surface area contributed by atoms with Gasteiger partial charge in [-0.05, 0) is 39.3 Å². The predicted octanol–water partition coefficient (Wildman–Crippen LogP) is 3.33. The van der Waals surface area contributed by atoms with Crippen molar-refractivity contribution in [1.82, 2.24) is 25.4 Å². The predicted molar refractivity (Wildman–Crippen MR) is 96.5 cm³/mol. The van der Waals surface area contributed by atoms with Crippen LogP contribution in [0.4, 0.5) is 0 Å². The third-order valence-corrected chi connectivity index (χ3v) is 4.05. The van der Waals surface area contributed by atoms with Crippen LogP contribution in [0.3, 0.4) is 0 Å². The quantitative estimate of drug-likeness (QED) is 0.758. The Hall–Kier alpha value is -3.09. The largest absolute Gasteiger partial charge is 0.340 e. The average Bonchev–Trinajstić information content (AvgIpc) is 3.08. The first-order valence-corrected chi connectivity index (χ1v) is 8.49. The minimum Gasteiger partial charge on any atom is -0.340 e. The molecule has 2 heterocycles. The maximum absolute atomic E-state index is 12.5. The lowest BCUT2D eigenvalue weighted by molar-refractivity contribution is 0.0927. The molecule has 3 rings (SSSR count). The van der Waals surface area contributed by atoms with Crippen LogP contribution in [0.1, 0.15) is 52.8 Å². The molecule has 1 N–H and O–H groups in total. The molecule has 0 saturated heterocycles. The lowest BCUT2D eigenvalue weighted by Gasteiger charge is -2.13. The molecule has 0 radical (unpaired) electrons. The second-order valence-corrected chi connectivity index (χ2v) is 6.14. The van der Waals surface area contributed by atoms with E-state index < -0.39 is 0 Å². The van der Waals surface area contributed by atoms with Crippen molar-refractivity contribution in [3.63, 3.8) is 0 Å². The number of carbonyl (C=O) groups is 1. The number of aryl methyl sites for hydroxylation is 3. The number of nitrogens with zero attached hydrogens (tertiary/aromatic N) is 4. The second-order valence-electron chi connectivity index (χ2n) is 6.14. The molecule has 0 aliphatic rings. The van der Waals surface area contributed by atoms with Crippen LogP contribution in [0.5, 0.6) is 0 Å². The summed E-state index contributed by atoms with van der Waals surface area (Å²) in [5, 5.41) is 6.70. The van der Waals surface area contributed by atoms with Gasteiger partial charge in [-0.15, -0.1) is 0 Å². The molecule has 1 amide bonds. The number of benzene rings is 1. The summed E-state index contributed by atoms with van der Waals surface area (Å²) in [5.41, 5.74) is 4.01. The van der Waals surface area contributed by atoms with Crippen molar-refractivity contribution in [2.24, 2.45) is 0 Å². The summed E-state index contributed by atoms with van der Waals surface area (Å²) in [4.78, 5) is 25.6. The maximum atomic E-state index is 12.5. The summed E-state index contributed by atoms with van der Waals surface area (Å²) in [6.07, 6.45) is 2.40. The van der Waals surface area contributed by atoms with Gasteiger partial charge in [0.25, 0.3) is 5.91 Å². The second kappa shape index (κ2) is 7.43. The van der Waals surface area contributed by atoms with Gasteiger partial charge in [0.05, 0.1) is 17.1 Å². The van der Waals surface area contributed by atoms with Gasteiger partial charge in [-0.25, -0.2) is 4.98 Å². The first-order valence-electron chi connectivity index (χ1n) is 8.49. The number of carbonyl (C=O) groups excluding carboxylic acids is 1. The molecule has 0 aliphatic heterocycles. The van der Waals surface area contributed by atoms with Gasteiger partial charge in [0.1, 0.15) is 6.04 Å². The fourth-order valence-corrected chi connectivity index (χ4v) is 2.63. The Labute approximate surface area is 151 Å². The smallest absolute Gasteiger partial charge is 0.251 e. The van der Waals surface area contributed by atoms with E-state index >= 15 is 0 Å². The molecule has 0 bridgehead atoms. The summed E-state index contributed by atoms with van der Waals surface area (Å²) >= 11 is 0. The minimum absolute atomic E-state index is 0.189. The van der Waals surface area contributed by atoms with Crippen LogP contribution in [0.2, 0.25) is 0 Å². The monoisotopic (exact) mass is 351 g/mol. The van der Waals surface area contributed by atoms with E-state index in [-0.39, 0.29) is 11.9 Å². The molecular formula is C19H21N5O2. The standard InChI is InChI=1S/C19H21N5O2/c1-5-16(19-22-13(4)24-26-19)23-18(25)15-8-6-14(7-9-15)17-12(3)20-10-11(2)21-17/h6-10,16H,5H2,1-4H3,(H,23,25). The third-order valence-electron chi connectivity index (χ3n) is 4.05. The normalized spacial score (nSPS) is 12.0. The van der Waals surface area contributed by atoms with E-state index in [9.17, 15) is 4.79 Å². The fraction of sp³-hybridized carbons (Fsp3) is 0.316. The summed E-state index contributed by atoms with van der Waals surface area (Å²) in [7, 11) is 0. The van der Waals surface area contributed by atoms with Gasteiger partial charge in [-0.3, -0.25) is 9.78 Å². The molecule has 0 spiro atoms. The SMILES string of the molecule is CCC(NC(=O)c1ccc(-c2nc(C)cnc2C)cc1)c1nc(C)no1. The summed E-state index contributed by atoms with van der Waals surface area (Å²) in [6.45, 7) is 7.52. The zero-order valence-electron chi connectivity index (χ0n) is 15.3. The van der Waals surface area contributed by atoms with E-state index in [0.717, 1.165) is 22.6 Å². The van der Waals surface area contributed by atoms with E-state index in [2.05, 4.69) is 25.4 Å². The van der Waals surface area contributed by atoms with Crippen molar-refractivity contribution in [3.05, 3.63) is 59.1 Å². The lowest BCUT2D eigenvalue weighted by Crippen LogP contribution is -2.28. The number of hydrogen-bond acceptors (Lipinski definition) is 6. The lowest BCUT2D eigenvalue weighted by atomic mass is 10.1. The molecule has 134 valence electrons. The van der Waals surface area contributed by atoms with Crippen molar-refractivity contribution < 1.29 is 9.32 Å². The molecular weight excluding hydrogens is 330 g/mol. The molecule has 1 unspecified atom stereocenters. The molecule has 26 heavy (non-hydrogen) atoms. The topological polar surface area (TPSA) is 93.8 Å². The van der Waals surface area contributed by atoms with E-state index in [0.29, 0.717) is 23.7 Å². The van der Waals surface area contributed by atoms with E-state index in [1.165, 1.54) is 0 Å². The van der Waals surface area contributed by atoms with E-state index in [1.807, 2.05) is 32.9 Å². The molecule has 0 aliphatic carbocycles. The highest BCUT2D eigenvalue weighted by Crippen LogP contribution is 2.21. The highest BCUT2D eigenvalue weighted by molar-refractivity contribution is 5.94. The molecule has 2 aromatic heterocycles. The number of aromatic nitrogens is 4. The molecule has 7 heteroatoms. The molecule has 0 fully saturated rings. The highest BCUT2D eigenvalue weighted by Gasteiger charge is 2.19. The third kappa shape index (κ3) is 3.77. The Balaban J connectivity index is 1.77. The number of hydrogen-bond donors (Lipinski definition) is 1. The zero-order valence-corrected chi connectivity index (χ0v) is 15.3. The van der Waals surface area contributed by atoms with Gasteiger partial charge in [-0.1, -0.05) is 24.2 Å². The first kappa shape index (κ1) is 17.7. The molecule has 1 aromatic carbocycles. The zero-order chi connectivity index (χ0) is 18.7. The van der Waals surface area contributed by atoms with Crippen molar-refractivity contribution in [2.45, 2.75) is 40.2 Å². The van der Waals surface area contributed by atoms with Gasteiger partial charge in [0, 0.05) is 17.3 Å². The minimum atomic E-state index is -0.312. The van der Waals surface area contributed by atoms with Crippen molar-refractivity contribution in [1.29, 1.82) is 0 Å². The fourth-order valence-electron chi connectivity index (χ4n) is 2.63. The van der Waals surface area contributed by atoms with E-state index in [4.69, 9.17) is 4.52 Å². The Morgan fingerprint density at radius 1 is 1.15 bits per heavy atom. The number of rotatable bonds is 5. The summed E-state index contributed by atoms with van der Waals surface area (Å²) in [5.74, 6) is 0.776. The van der Waals surface area contributed by atoms with E-state index in [1.54, 1.807) is 25.3 Å². The molecule has 1 atom stereocenters. The van der Waals surface area contributed by atoms with Crippen LogP contribution in [-0.4, -0.2) is 26.0 Å². The van der Waals surface area contributed by atoms with Gasteiger partial charge in [-0.2, -0.15) is 4.98 Å². The van der Waals surface area contributed by atoms with Crippen LogP contribution in [0.25, 0.3) is 11.3 Å². The van der Waals surface area contributed by atoms with Crippen molar-refractivity contribution in [2.75, 3.05) is 0 Å². The van der Waals surface area contributed by atoms with Crippen LogP contribution in [0, 0.1) is 20.8 Å². The average molecular weight is 351 g/mol. The number of nitrogens with one attached hydrogen (secondary N) is 1. The summed E-state index contributed by atoms with van der Waals surface area (Å²) < 4.78 is 5.16. The van der Waals surface area contributed by atoms with Crippen molar-refractivity contribution in [3.8, 4) is 11.3 Å². The van der Waals surface area contributed by atoms with Crippen molar-refractivity contribution >= 4 is 5.91 Å². The van der Waals surface area contributed by atoms with Crippen LogP contribution < -0.4 is 5.32 Å². The van der Waals surface area contributed by atoms with Gasteiger partial charge < -0.3 is 9.84 Å². The molecule has 0 saturated carbocycles. The van der Waals surface area contributed by atoms with Crippen LogP contribution in [-0.2, 0) is 0 Å². The van der Waals surface area contributed by atoms with Gasteiger partial charge in [0.2, 0.25) is 5.89 Å². The van der Waals surface area contributed by atoms with Gasteiger partial charge in [0.15, 0.2) is 5.82 Å². The summed E-state index contributed by atoms with van der Waals surface area (Å²) in [6, 6.07) is 7.00. The Morgan fingerprint density at radius 2 is 1.88 bits per heavy atom. The highest BCUT2D eigenvalue weighted by atomic mass is 16.5. The van der Waals surface area contributed by atoms with Crippen LogP contribution >= 0.6 is 0 Å².